The van der Waals surface area contributed by atoms with Crippen LogP contribution in [-0.2, 0) is 4.79 Å². The number of carbonyl (C=O) groups excluding carboxylic acids is 1. The van der Waals surface area contributed by atoms with Crippen LogP contribution in [0.3, 0.4) is 0 Å². The maximum Gasteiger partial charge on any atom is 0.240 e. The normalized spacial score (nSPS) is 28.6. The zero-order chi connectivity index (χ0) is 15.0. The molecule has 1 aromatic rings. The summed E-state index contributed by atoms with van der Waals surface area (Å²) in [5.41, 5.74) is 7.23. The van der Waals surface area contributed by atoms with Gasteiger partial charge in [-0.25, -0.2) is 0 Å². The summed E-state index contributed by atoms with van der Waals surface area (Å²) in [6, 6.07) is 8.06. The lowest BCUT2D eigenvalue weighted by Gasteiger charge is -2.37. The highest BCUT2D eigenvalue weighted by Gasteiger charge is 2.41. The Morgan fingerprint density at radius 1 is 1.29 bits per heavy atom. The van der Waals surface area contributed by atoms with Gasteiger partial charge < -0.3 is 15.7 Å². The fourth-order valence-corrected chi connectivity index (χ4v) is 3.61. The predicted molar refractivity (Wildman–Crippen MR) is 83.0 cm³/mol. The Hall–Kier alpha value is -1.59. The van der Waals surface area contributed by atoms with E-state index in [2.05, 4.69) is 4.90 Å². The molecule has 2 unspecified atom stereocenters. The lowest BCUT2D eigenvalue weighted by molar-refractivity contribution is -0.121. The van der Waals surface area contributed by atoms with Gasteiger partial charge in [0.2, 0.25) is 5.91 Å². The smallest absolute Gasteiger partial charge is 0.240 e. The van der Waals surface area contributed by atoms with E-state index >= 15 is 0 Å². The first-order chi connectivity index (χ1) is 10.0. The van der Waals surface area contributed by atoms with Crippen molar-refractivity contribution in [3.63, 3.8) is 0 Å². The van der Waals surface area contributed by atoms with Crippen molar-refractivity contribution in [1.29, 1.82) is 0 Å². The van der Waals surface area contributed by atoms with Crippen molar-refractivity contribution in [2.24, 2.45) is 0 Å². The number of amides is 1. The summed E-state index contributed by atoms with van der Waals surface area (Å²) in [7, 11) is 1.80. The number of aliphatic hydroxyl groups excluding tert-OH is 1. The molecular formula is C16H23N3O2. The summed E-state index contributed by atoms with van der Waals surface area (Å²) in [5.74, 6) is 0.0908. The zero-order valence-corrected chi connectivity index (χ0v) is 12.4. The first-order valence-corrected chi connectivity index (χ1v) is 7.60. The average Bonchev–Trinajstić information content (AvgIpc) is 2.70. The van der Waals surface area contributed by atoms with E-state index < -0.39 is 0 Å². The highest BCUT2D eigenvalue weighted by Crippen LogP contribution is 2.35. The molecule has 0 saturated carbocycles. The molecule has 0 spiro atoms. The van der Waals surface area contributed by atoms with Gasteiger partial charge in [-0.1, -0.05) is 0 Å². The van der Waals surface area contributed by atoms with Crippen molar-refractivity contribution in [1.82, 2.24) is 4.90 Å². The molecule has 114 valence electrons. The second-order valence-electron chi connectivity index (χ2n) is 6.23. The number of nitrogen functional groups attached to an aromatic ring is 1. The molecule has 2 heterocycles. The van der Waals surface area contributed by atoms with E-state index in [1.54, 1.807) is 24.1 Å². The van der Waals surface area contributed by atoms with E-state index in [0.29, 0.717) is 24.3 Å². The Balaban J connectivity index is 1.65. The van der Waals surface area contributed by atoms with Gasteiger partial charge in [-0.2, -0.15) is 0 Å². The molecule has 5 heteroatoms. The second-order valence-corrected chi connectivity index (χ2v) is 6.23. The molecule has 2 aliphatic rings. The lowest BCUT2D eigenvalue weighted by atomic mass is 10.00. The van der Waals surface area contributed by atoms with Crippen molar-refractivity contribution in [2.45, 2.75) is 43.9 Å². The fourth-order valence-electron chi connectivity index (χ4n) is 3.61. The van der Waals surface area contributed by atoms with Gasteiger partial charge in [-0.05, 0) is 49.9 Å². The molecule has 21 heavy (non-hydrogen) atoms. The van der Waals surface area contributed by atoms with Gasteiger partial charge in [-0.15, -0.1) is 0 Å². The quantitative estimate of drug-likeness (QED) is 0.821. The monoisotopic (exact) mass is 289 g/mol. The fraction of sp³-hybridized carbons (Fsp3) is 0.562. The van der Waals surface area contributed by atoms with E-state index in [4.69, 9.17) is 5.73 Å². The number of nitrogens with two attached hydrogens (primary N) is 1. The lowest BCUT2D eigenvalue weighted by Crippen LogP contribution is -2.49. The summed E-state index contributed by atoms with van der Waals surface area (Å²) in [4.78, 5) is 16.5. The summed E-state index contributed by atoms with van der Waals surface area (Å²) in [6.07, 6.45) is 3.61. The maximum absolute atomic E-state index is 12.5. The molecule has 2 saturated heterocycles. The highest BCUT2D eigenvalue weighted by atomic mass is 16.3. The van der Waals surface area contributed by atoms with Crippen LogP contribution in [0.1, 0.15) is 25.7 Å². The first-order valence-electron chi connectivity index (χ1n) is 7.60. The summed E-state index contributed by atoms with van der Waals surface area (Å²) >= 11 is 0. The number of carbonyl (C=O) groups is 1. The van der Waals surface area contributed by atoms with Crippen LogP contribution in [0, 0.1) is 0 Å². The molecule has 0 aromatic heterocycles. The van der Waals surface area contributed by atoms with Crippen molar-refractivity contribution in [3.8, 4) is 0 Å². The number of likely N-dealkylation sites (N-methyl/N-ethyl adjacent to an activating group) is 1. The Morgan fingerprint density at radius 3 is 2.43 bits per heavy atom. The number of rotatable bonds is 3. The molecule has 3 rings (SSSR count). The minimum atomic E-state index is -0.191. The van der Waals surface area contributed by atoms with E-state index in [1.165, 1.54) is 0 Å². The molecule has 1 aromatic carbocycles. The van der Waals surface area contributed by atoms with Gasteiger partial charge in [0.15, 0.2) is 0 Å². The standard InChI is InChI=1S/C16H23N3O2/c1-18(12-4-2-11(17)3-5-12)16(21)10-19-13-6-7-14(19)9-15(20)8-13/h2-5,13-15,20H,6-10,17H2,1H3. The van der Waals surface area contributed by atoms with Gasteiger partial charge in [0.1, 0.15) is 0 Å². The summed E-state index contributed by atoms with van der Waals surface area (Å²) < 4.78 is 0. The number of anilines is 2. The summed E-state index contributed by atoms with van der Waals surface area (Å²) in [5, 5.41) is 9.82. The number of aliphatic hydroxyl groups is 1. The van der Waals surface area contributed by atoms with Gasteiger partial charge >= 0.3 is 0 Å². The third kappa shape index (κ3) is 2.89. The second kappa shape index (κ2) is 5.66. The number of piperidine rings is 1. The molecule has 3 N–H and O–H groups in total. The van der Waals surface area contributed by atoms with Crippen LogP contribution in [0.5, 0.6) is 0 Å². The van der Waals surface area contributed by atoms with Crippen molar-refractivity contribution in [3.05, 3.63) is 24.3 Å². The molecule has 2 atom stereocenters. The third-order valence-electron chi connectivity index (χ3n) is 4.83. The number of fused-ring (bicyclic) bond motifs is 2. The molecule has 2 fully saturated rings. The number of benzene rings is 1. The average molecular weight is 289 g/mol. The van der Waals surface area contributed by atoms with Crippen LogP contribution in [0.2, 0.25) is 0 Å². The Bertz CT molecular complexity index is 503. The topological polar surface area (TPSA) is 69.8 Å². The van der Waals surface area contributed by atoms with Crippen molar-refractivity contribution in [2.75, 3.05) is 24.2 Å². The highest BCUT2D eigenvalue weighted by molar-refractivity contribution is 5.94. The third-order valence-corrected chi connectivity index (χ3v) is 4.83. The van der Waals surface area contributed by atoms with E-state index in [9.17, 15) is 9.90 Å². The molecule has 5 nitrogen and oxygen atoms in total. The minimum absolute atomic E-state index is 0.0908. The van der Waals surface area contributed by atoms with Crippen molar-refractivity contribution < 1.29 is 9.90 Å². The van der Waals surface area contributed by atoms with Gasteiger partial charge in [-0.3, -0.25) is 9.69 Å². The SMILES string of the molecule is CN(C(=O)CN1C2CCC1CC(O)C2)c1ccc(N)cc1. The summed E-state index contributed by atoms with van der Waals surface area (Å²) in [6.45, 7) is 0.433. The Morgan fingerprint density at radius 2 is 1.86 bits per heavy atom. The van der Waals surface area contributed by atoms with Crippen LogP contribution in [0.25, 0.3) is 0 Å². The van der Waals surface area contributed by atoms with Crippen LogP contribution in [0.4, 0.5) is 11.4 Å². The van der Waals surface area contributed by atoms with E-state index in [-0.39, 0.29) is 12.0 Å². The molecule has 0 aliphatic carbocycles. The Labute approximate surface area is 125 Å². The predicted octanol–water partition coefficient (Wildman–Crippen LogP) is 1.22. The first kappa shape index (κ1) is 14.4. The number of hydrogen-bond acceptors (Lipinski definition) is 4. The van der Waals surface area contributed by atoms with E-state index in [1.807, 2.05) is 12.1 Å². The largest absolute Gasteiger partial charge is 0.399 e. The van der Waals surface area contributed by atoms with Crippen LogP contribution < -0.4 is 10.6 Å². The van der Waals surface area contributed by atoms with Crippen LogP contribution >= 0.6 is 0 Å². The zero-order valence-electron chi connectivity index (χ0n) is 12.4. The molecule has 0 radical (unpaired) electrons. The number of nitrogens with zero attached hydrogens (tertiary/aromatic N) is 2. The Kier molecular flexibility index (Phi) is 3.87. The van der Waals surface area contributed by atoms with Crippen molar-refractivity contribution >= 4 is 17.3 Å². The van der Waals surface area contributed by atoms with Crippen LogP contribution in [-0.4, -0.2) is 47.7 Å². The molecule has 2 aliphatic heterocycles. The molecule has 2 bridgehead atoms. The number of hydrogen-bond donors (Lipinski definition) is 2. The minimum Gasteiger partial charge on any atom is -0.399 e. The molecule has 1 amide bonds. The van der Waals surface area contributed by atoms with Crippen LogP contribution in [0.15, 0.2) is 24.3 Å². The maximum atomic E-state index is 12.5. The van der Waals surface area contributed by atoms with Gasteiger partial charge in [0.05, 0.1) is 12.6 Å². The van der Waals surface area contributed by atoms with Gasteiger partial charge in [0, 0.05) is 30.5 Å². The van der Waals surface area contributed by atoms with E-state index in [0.717, 1.165) is 31.4 Å². The molecular weight excluding hydrogens is 266 g/mol. The van der Waals surface area contributed by atoms with Gasteiger partial charge in [0.25, 0.3) is 0 Å².